The first kappa shape index (κ1) is 13.9. The van der Waals surface area contributed by atoms with Gasteiger partial charge in [0.15, 0.2) is 0 Å². The van der Waals surface area contributed by atoms with Crippen LogP contribution in [0.4, 0.5) is 11.4 Å². The van der Waals surface area contributed by atoms with Crippen LogP contribution in [0.25, 0.3) is 0 Å². The topological polar surface area (TPSA) is 80.0 Å². The number of pyridine rings is 1. The van der Waals surface area contributed by atoms with Gasteiger partial charge in [-0.1, -0.05) is 0 Å². The highest BCUT2D eigenvalue weighted by Crippen LogP contribution is 2.20. The summed E-state index contributed by atoms with van der Waals surface area (Å²) >= 11 is 0. The second-order valence-corrected chi connectivity index (χ2v) is 4.37. The molecule has 0 saturated heterocycles. The Morgan fingerprint density at radius 2 is 2.00 bits per heavy atom. The van der Waals surface area contributed by atoms with Crippen molar-refractivity contribution in [2.45, 2.75) is 13.5 Å². The molecule has 4 N–H and O–H groups in total. The van der Waals surface area contributed by atoms with Gasteiger partial charge in [-0.25, -0.2) is 0 Å². The van der Waals surface area contributed by atoms with Gasteiger partial charge in [-0.15, -0.1) is 0 Å². The van der Waals surface area contributed by atoms with Crippen LogP contribution in [0.1, 0.15) is 22.8 Å². The van der Waals surface area contributed by atoms with Crippen LogP contribution in [-0.4, -0.2) is 17.4 Å². The molecule has 1 aromatic heterocycles. The Hall–Kier alpha value is -2.56. The number of nitrogens with one attached hydrogen (secondary N) is 2. The maximum Gasteiger partial charge on any atom is 0.251 e. The predicted molar refractivity (Wildman–Crippen MR) is 80.4 cm³/mol. The number of aromatic nitrogens is 1. The normalized spacial score (nSPS) is 10.1. The van der Waals surface area contributed by atoms with Crippen LogP contribution in [0, 0.1) is 0 Å². The Bertz CT molecular complexity index is 584. The number of nitrogen functional groups attached to an aromatic ring is 1. The van der Waals surface area contributed by atoms with Gasteiger partial charge in [-0.2, -0.15) is 0 Å². The summed E-state index contributed by atoms with van der Waals surface area (Å²) in [5.74, 6) is -0.111. The molecule has 5 nitrogen and oxygen atoms in total. The largest absolute Gasteiger partial charge is 0.397 e. The predicted octanol–water partition coefficient (Wildman–Crippen LogP) is 2.03. The summed E-state index contributed by atoms with van der Waals surface area (Å²) in [5, 5.41) is 5.99. The summed E-state index contributed by atoms with van der Waals surface area (Å²) in [6.45, 7) is 3.14. The molecule has 2 aromatic rings. The lowest BCUT2D eigenvalue weighted by Crippen LogP contribution is -2.22. The van der Waals surface area contributed by atoms with E-state index in [1.807, 2.05) is 25.1 Å². The third-order valence-corrected chi connectivity index (χ3v) is 2.88. The van der Waals surface area contributed by atoms with Crippen LogP contribution >= 0.6 is 0 Å². The monoisotopic (exact) mass is 270 g/mol. The zero-order valence-corrected chi connectivity index (χ0v) is 11.4. The molecule has 1 aromatic carbocycles. The molecule has 0 fully saturated rings. The highest BCUT2D eigenvalue weighted by atomic mass is 16.1. The fourth-order valence-corrected chi connectivity index (χ4v) is 1.83. The van der Waals surface area contributed by atoms with Crippen molar-refractivity contribution in [1.29, 1.82) is 0 Å². The molecule has 0 bridgehead atoms. The molecular formula is C15H18N4O. The zero-order valence-electron chi connectivity index (χ0n) is 11.4. The molecule has 0 aliphatic rings. The van der Waals surface area contributed by atoms with Crippen molar-refractivity contribution in [1.82, 2.24) is 10.3 Å². The van der Waals surface area contributed by atoms with E-state index in [2.05, 4.69) is 15.6 Å². The van der Waals surface area contributed by atoms with Crippen molar-refractivity contribution in [2.24, 2.45) is 0 Å². The number of amides is 1. The first-order chi connectivity index (χ1) is 9.70. The van der Waals surface area contributed by atoms with E-state index in [1.54, 1.807) is 24.5 Å². The smallest absolute Gasteiger partial charge is 0.251 e. The van der Waals surface area contributed by atoms with Gasteiger partial charge in [0.05, 0.1) is 11.4 Å². The molecule has 0 aliphatic heterocycles. The van der Waals surface area contributed by atoms with E-state index < -0.39 is 0 Å². The molecule has 0 unspecified atom stereocenters. The molecule has 0 spiro atoms. The van der Waals surface area contributed by atoms with E-state index in [4.69, 9.17) is 5.73 Å². The maximum atomic E-state index is 11.7. The van der Waals surface area contributed by atoms with Crippen molar-refractivity contribution in [3.8, 4) is 0 Å². The van der Waals surface area contributed by atoms with E-state index in [9.17, 15) is 4.79 Å². The van der Waals surface area contributed by atoms with Gasteiger partial charge >= 0.3 is 0 Å². The van der Waals surface area contributed by atoms with E-state index in [0.29, 0.717) is 24.3 Å². The summed E-state index contributed by atoms with van der Waals surface area (Å²) in [4.78, 5) is 15.7. The van der Waals surface area contributed by atoms with Crippen molar-refractivity contribution in [2.75, 3.05) is 17.6 Å². The zero-order chi connectivity index (χ0) is 14.4. The second-order valence-electron chi connectivity index (χ2n) is 4.37. The Labute approximate surface area is 118 Å². The van der Waals surface area contributed by atoms with Crippen molar-refractivity contribution in [3.05, 3.63) is 53.9 Å². The first-order valence-electron chi connectivity index (χ1n) is 6.51. The summed E-state index contributed by atoms with van der Waals surface area (Å²) in [6, 6.07) is 9.13. The molecular weight excluding hydrogens is 252 g/mol. The lowest BCUT2D eigenvalue weighted by molar-refractivity contribution is 0.0956. The molecule has 5 heteroatoms. The quantitative estimate of drug-likeness (QED) is 0.726. The van der Waals surface area contributed by atoms with Gasteiger partial charge in [0.1, 0.15) is 0 Å². The molecule has 1 heterocycles. The Morgan fingerprint density at radius 1 is 1.25 bits per heavy atom. The number of nitrogens with two attached hydrogens (primary N) is 1. The molecule has 0 aliphatic carbocycles. The fourth-order valence-electron chi connectivity index (χ4n) is 1.83. The van der Waals surface area contributed by atoms with Gasteiger partial charge < -0.3 is 16.4 Å². The van der Waals surface area contributed by atoms with Crippen LogP contribution < -0.4 is 16.4 Å². The second kappa shape index (κ2) is 6.56. The number of benzene rings is 1. The van der Waals surface area contributed by atoms with Crippen molar-refractivity contribution < 1.29 is 4.79 Å². The van der Waals surface area contributed by atoms with Crippen LogP contribution in [0.2, 0.25) is 0 Å². The van der Waals surface area contributed by atoms with Crippen LogP contribution in [0.5, 0.6) is 0 Å². The number of nitrogens with zero attached hydrogens (tertiary/aromatic N) is 1. The van der Waals surface area contributed by atoms with E-state index in [1.165, 1.54) is 0 Å². The van der Waals surface area contributed by atoms with Gasteiger partial charge in [-0.05, 0) is 42.8 Å². The van der Waals surface area contributed by atoms with Crippen LogP contribution in [-0.2, 0) is 6.54 Å². The van der Waals surface area contributed by atoms with E-state index >= 15 is 0 Å². The number of hydrogen-bond donors (Lipinski definition) is 3. The average molecular weight is 270 g/mol. The molecule has 20 heavy (non-hydrogen) atoms. The summed E-state index contributed by atoms with van der Waals surface area (Å²) in [5.41, 5.74) is 9.02. The fraction of sp³-hybridized carbons (Fsp3) is 0.200. The maximum absolute atomic E-state index is 11.7. The Kier molecular flexibility index (Phi) is 4.55. The molecule has 2 rings (SSSR count). The minimum Gasteiger partial charge on any atom is -0.397 e. The molecule has 0 atom stereocenters. The minimum atomic E-state index is -0.111. The van der Waals surface area contributed by atoms with Gasteiger partial charge in [0.2, 0.25) is 0 Å². The van der Waals surface area contributed by atoms with Crippen LogP contribution in [0.3, 0.4) is 0 Å². The van der Waals surface area contributed by atoms with E-state index in [0.717, 1.165) is 11.3 Å². The molecule has 1 amide bonds. The van der Waals surface area contributed by atoms with Gasteiger partial charge in [-0.3, -0.25) is 9.78 Å². The molecule has 104 valence electrons. The highest BCUT2D eigenvalue weighted by Gasteiger charge is 2.07. The summed E-state index contributed by atoms with van der Waals surface area (Å²) in [6.07, 6.45) is 3.50. The number of hydrogen-bond acceptors (Lipinski definition) is 4. The SMILES string of the molecule is CCNC(=O)c1ccc(NCc2ccncc2)c(N)c1. The average Bonchev–Trinajstić information content (AvgIpc) is 2.47. The lowest BCUT2D eigenvalue weighted by atomic mass is 10.1. The number of carbonyl (C=O) groups is 1. The van der Waals surface area contributed by atoms with Crippen molar-refractivity contribution >= 4 is 17.3 Å². The standard InChI is InChI=1S/C15H18N4O/c1-2-18-15(20)12-3-4-14(13(16)9-12)19-10-11-5-7-17-8-6-11/h3-9,19H,2,10,16H2,1H3,(H,18,20). The third-order valence-electron chi connectivity index (χ3n) is 2.88. The molecule has 0 radical (unpaired) electrons. The molecule has 0 saturated carbocycles. The summed E-state index contributed by atoms with van der Waals surface area (Å²) in [7, 11) is 0. The first-order valence-corrected chi connectivity index (χ1v) is 6.51. The number of carbonyl (C=O) groups excluding carboxylic acids is 1. The number of anilines is 2. The lowest BCUT2D eigenvalue weighted by Gasteiger charge is -2.11. The Balaban J connectivity index is 2.04. The van der Waals surface area contributed by atoms with Gasteiger partial charge in [0, 0.05) is 31.0 Å². The van der Waals surface area contributed by atoms with Gasteiger partial charge in [0.25, 0.3) is 5.91 Å². The third kappa shape index (κ3) is 3.47. The summed E-state index contributed by atoms with van der Waals surface area (Å²) < 4.78 is 0. The number of rotatable bonds is 5. The highest BCUT2D eigenvalue weighted by molar-refractivity contribution is 5.96. The van der Waals surface area contributed by atoms with Crippen LogP contribution in [0.15, 0.2) is 42.7 Å². The van der Waals surface area contributed by atoms with E-state index in [-0.39, 0.29) is 5.91 Å². The van der Waals surface area contributed by atoms with Crippen molar-refractivity contribution in [3.63, 3.8) is 0 Å². The Morgan fingerprint density at radius 3 is 2.65 bits per heavy atom. The minimum absolute atomic E-state index is 0.111.